The SMILES string of the molecule is CC(C)c1ccnnc1C1CC1. The van der Waals surface area contributed by atoms with Crippen molar-refractivity contribution < 1.29 is 0 Å². The Morgan fingerprint density at radius 3 is 2.75 bits per heavy atom. The number of nitrogens with zero attached hydrogens (tertiary/aromatic N) is 2. The van der Waals surface area contributed by atoms with Crippen LogP contribution in [0.4, 0.5) is 0 Å². The zero-order chi connectivity index (χ0) is 8.55. The van der Waals surface area contributed by atoms with Crippen LogP contribution in [-0.4, -0.2) is 10.2 Å². The molecule has 0 spiro atoms. The Bertz CT molecular complexity index is 256. The van der Waals surface area contributed by atoms with E-state index in [1.54, 1.807) is 6.20 Å². The molecule has 1 saturated carbocycles. The van der Waals surface area contributed by atoms with Crippen molar-refractivity contribution in [2.45, 2.75) is 38.5 Å². The van der Waals surface area contributed by atoms with Gasteiger partial charge in [0, 0.05) is 12.1 Å². The average Bonchev–Trinajstić information content (AvgIpc) is 2.87. The fourth-order valence-corrected chi connectivity index (χ4v) is 1.51. The molecule has 2 rings (SSSR count). The molecule has 0 radical (unpaired) electrons. The Balaban J connectivity index is 2.36. The second-order valence-electron chi connectivity index (χ2n) is 3.80. The molecule has 0 atom stereocenters. The smallest absolute Gasteiger partial charge is 0.0696 e. The van der Waals surface area contributed by atoms with Gasteiger partial charge in [-0.05, 0) is 30.4 Å². The monoisotopic (exact) mass is 162 g/mol. The summed E-state index contributed by atoms with van der Waals surface area (Å²) in [5, 5.41) is 8.15. The van der Waals surface area contributed by atoms with Crippen molar-refractivity contribution in [1.82, 2.24) is 10.2 Å². The summed E-state index contributed by atoms with van der Waals surface area (Å²) in [5.74, 6) is 1.30. The highest BCUT2D eigenvalue weighted by molar-refractivity contribution is 5.27. The van der Waals surface area contributed by atoms with Gasteiger partial charge in [-0.2, -0.15) is 10.2 Å². The molecule has 2 nitrogen and oxygen atoms in total. The molecule has 0 N–H and O–H groups in total. The molecule has 0 amide bonds. The van der Waals surface area contributed by atoms with Crippen molar-refractivity contribution in [1.29, 1.82) is 0 Å². The second-order valence-corrected chi connectivity index (χ2v) is 3.80. The highest BCUT2D eigenvalue weighted by Crippen LogP contribution is 2.41. The van der Waals surface area contributed by atoms with E-state index in [-0.39, 0.29) is 0 Å². The summed E-state index contributed by atoms with van der Waals surface area (Å²) in [7, 11) is 0. The van der Waals surface area contributed by atoms with Gasteiger partial charge in [0.05, 0.1) is 5.69 Å². The molecule has 2 heteroatoms. The maximum Gasteiger partial charge on any atom is 0.0696 e. The topological polar surface area (TPSA) is 25.8 Å². The molecule has 0 unspecified atom stereocenters. The Morgan fingerprint density at radius 2 is 2.17 bits per heavy atom. The van der Waals surface area contributed by atoms with Crippen LogP contribution < -0.4 is 0 Å². The fourth-order valence-electron chi connectivity index (χ4n) is 1.51. The van der Waals surface area contributed by atoms with E-state index >= 15 is 0 Å². The standard InChI is InChI=1S/C10H14N2/c1-7(2)9-5-6-11-12-10(9)8-3-4-8/h5-8H,3-4H2,1-2H3. The Morgan fingerprint density at radius 1 is 1.42 bits per heavy atom. The molecule has 12 heavy (non-hydrogen) atoms. The fraction of sp³-hybridized carbons (Fsp3) is 0.600. The van der Waals surface area contributed by atoms with Crippen LogP contribution in [0.3, 0.4) is 0 Å². The van der Waals surface area contributed by atoms with E-state index in [1.165, 1.54) is 24.1 Å². The van der Waals surface area contributed by atoms with Crippen molar-refractivity contribution in [3.8, 4) is 0 Å². The summed E-state index contributed by atoms with van der Waals surface area (Å²) in [6, 6.07) is 2.10. The zero-order valence-corrected chi connectivity index (χ0v) is 7.62. The summed E-state index contributed by atoms with van der Waals surface area (Å²) in [6.07, 6.45) is 4.40. The summed E-state index contributed by atoms with van der Waals surface area (Å²) >= 11 is 0. The van der Waals surface area contributed by atoms with E-state index in [1.807, 2.05) is 0 Å². The van der Waals surface area contributed by atoms with Gasteiger partial charge in [-0.25, -0.2) is 0 Å². The first kappa shape index (κ1) is 7.71. The Hall–Kier alpha value is -0.920. The van der Waals surface area contributed by atoms with Crippen molar-refractivity contribution in [3.05, 3.63) is 23.5 Å². The molecule has 1 aromatic heterocycles. The lowest BCUT2D eigenvalue weighted by Gasteiger charge is -2.08. The minimum absolute atomic E-state index is 0.580. The quantitative estimate of drug-likeness (QED) is 0.667. The van der Waals surface area contributed by atoms with Gasteiger partial charge in [-0.3, -0.25) is 0 Å². The largest absolute Gasteiger partial charge is 0.159 e. The normalized spacial score (nSPS) is 16.9. The van der Waals surface area contributed by atoms with Crippen molar-refractivity contribution in [2.75, 3.05) is 0 Å². The lowest BCUT2D eigenvalue weighted by Crippen LogP contribution is -1.99. The van der Waals surface area contributed by atoms with E-state index in [4.69, 9.17) is 0 Å². The van der Waals surface area contributed by atoms with Crippen LogP contribution in [0.1, 0.15) is 49.8 Å². The van der Waals surface area contributed by atoms with Crippen LogP contribution >= 0.6 is 0 Å². The molecule has 64 valence electrons. The first-order valence-electron chi connectivity index (χ1n) is 4.60. The van der Waals surface area contributed by atoms with Crippen molar-refractivity contribution in [3.63, 3.8) is 0 Å². The zero-order valence-electron chi connectivity index (χ0n) is 7.62. The van der Waals surface area contributed by atoms with E-state index in [9.17, 15) is 0 Å². The third-order valence-corrected chi connectivity index (χ3v) is 2.37. The molecule has 0 saturated heterocycles. The number of aromatic nitrogens is 2. The van der Waals surface area contributed by atoms with Crippen LogP contribution in [0.15, 0.2) is 12.3 Å². The van der Waals surface area contributed by atoms with Crippen LogP contribution in [0, 0.1) is 0 Å². The maximum absolute atomic E-state index is 4.21. The molecule has 1 fully saturated rings. The van der Waals surface area contributed by atoms with Crippen LogP contribution in [0.2, 0.25) is 0 Å². The minimum Gasteiger partial charge on any atom is -0.159 e. The highest BCUT2D eigenvalue weighted by atomic mass is 15.1. The first-order valence-corrected chi connectivity index (χ1v) is 4.60. The van der Waals surface area contributed by atoms with E-state index in [2.05, 4.69) is 30.1 Å². The Kier molecular flexibility index (Phi) is 1.83. The molecular weight excluding hydrogens is 148 g/mol. The van der Waals surface area contributed by atoms with Crippen LogP contribution in [0.25, 0.3) is 0 Å². The molecular formula is C10H14N2. The summed E-state index contributed by atoms with van der Waals surface area (Å²) in [6.45, 7) is 4.42. The lowest BCUT2D eigenvalue weighted by molar-refractivity contribution is 0.791. The van der Waals surface area contributed by atoms with E-state index in [0.717, 1.165) is 5.92 Å². The van der Waals surface area contributed by atoms with E-state index < -0.39 is 0 Å². The molecule has 1 aromatic rings. The van der Waals surface area contributed by atoms with E-state index in [0.29, 0.717) is 5.92 Å². The van der Waals surface area contributed by atoms with Gasteiger partial charge in [-0.15, -0.1) is 0 Å². The van der Waals surface area contributed by atoms with Crippen molar-refractivity contribution in [2.24, 2.45) is 0 Å². The third-order valence-electron chi connectivity index (χ3n) is 2.37. The van der Waals surface area contributed by atoms with Gasteiger partial charge < -0.3 is 0 Å². The number of hydrogen-bond acceptors (Lipinski definition) is 2. The Labute approximate surface area is 73.0 Å². The molecule has 1 heterocycles. The summed E-state index contributed by atoms with van der Waals surface area (Å²) in [5.41, 5.74) is 2.63. The van der Waals surface area contributed by atoms with Gasteiger partial charge >= 0.3 is 0 Å². The van der Waals surface area contributed by atoms with Crippen LogP contribution in [-0.2, 0) is 0 Å². The highest BCUT2D eigenvalue weighted by Gasteiger charge is 2.28. The number of rotatable bonds is 2. The molecule has 0 bridgehead atoms. The predicted molar refractivity (Wildman–Crippen MR) is 48.1 cm³/mol. The van der Waals surface area contributed by atoms with Crippen LogP contribution in [0.5, 0.6) is 0 Å². The van der Waals surface area contributed by atoms with Gasteiger partial charge in [-0.1, -0.05) is 13.8 Å². The second kappa shape index (κ2) is 2.85. The number of hydrogen-bond donors (Lipinski definition) is 0. The molecule has 0 aromatic carbocycles. The summed E-state index contributed by atoms with van der Waals surface area (Å²) in [4.78, 5) is 0. The first-order chi connectivity index (χ1) is 5.79. The molecule has 1 aliphatic carbocycles. The molecule has 1 aliphatic rings. The average molecular weight is 162 g/mol. The van der Waals surface area contributed by atoms with Gasteiger partial charge in [0.15, 0.2) is 0 Å². The predicted octanol–water partition coefficient (Wildman–Crippen LogP) is 2.48. The third kappa shape index (κ3) is 1.33. The lowest BCUT2D eigenvalue weighted by atomic mass is 10.0. The van der Waals surface area contributed by atoms with Gasteiger partial charge in [0.2, 0.25) is 0 Å². The molecule has 0 aliphatic heterocycles. The summed E-state index contributed by atoms with van der Waals surface area (Å²) < 4.78 is 0. The minimum atomic E-state index is 0.580. The van der Waals surface area contributed by atoms with Gasteiger partial charge in [0.25, 0.3) is 0 Å². The van der Waals surface area contributed by atoms with Gasteiger partial charge in [0.1, 0.15) is 0 Å². The maximum atomic E-state index is 4.21. The van der Waals surface area contributed by atoms with Crippen molar-refractivity contribution >= 4 is 0 Å².